The number of piperidine rings is 1. The molecule has 7 heteroatoms. The van der Waals surface area contributed by atoms with Gasteiger partial charge in [-0.25, -0.2) is 4.39 Å². The summed E-state index contributed by atoms with van der Waals surface area (Å²) < 4.78 is 15.5. The fourth-order valence-electron chi connectivity index (χ4n) is 4.24. The third-order valence-electron chi connectivity index (χ3n) is 6.14. The van der Waals surface area contributed by atoms with Gasteiger partial charge in [0.1, 0.15) is 5.82 Å². The molecule has 0 saturated carbocycles. The average Bonchev–Trinajstić information content (AvgIpc) is 3.29. The maximum absolute atomic E-state index is 13.4. The highest BCUT2D eigenvalue weighted by atomic mass is 19.1. The van der Waals surface area contributed by atoms with Crippen molar-refractivity contribution in [3.05, 3.63) is 78.4 Å². The molecule has 0 unspecified atom stereocenters. The summed E-state index contributed by atoms with van der Waals surface area (Å²) in [7, 11) is 2.16. The van der Waals surface area contributed by atoms with E-state index < -0.39 is 5.82 Å². The van der Waals surface area contributed by atoms with Crippen LogP contribution in [0.3, 0.4) is 0 Å². The van der Waals surface area contributed by atoms with E-state index in [0.717, 1.165) is 54.0 Å². The fraction of sp³-hybridized carbons (Fsp3) is 0.280. The van der Waals surface area contributed by atoms with Crippen molar-refractivity contribution >= 4 is 16.6 Å². The van der Waals surface area contributed by atoms with Crippen LogP contribution < -0.4 is 0 Å². The quantitative estimate of drug-likeness (QED) is 0.442. The minimum absolute atomic E-state index is 0.0966. The van der Waals surface area contributed by atoms with Crippen molar-refractivity contribution < 1.29 is 9.18 Å². The fourth-order valence-corrected chi connectivity index (χ4v) is 4.24. The molecule has 0 spiro atoms. The Morgan fingerprint density at radius 2 is 1.88 bits per heavy atom. The molecule has 6 nitrogen and oxygen atoms in total. The number of likely N-dealkylation sites (tertiary alicyclic amines) is 1. The molecule has 1 saturated heterocycles. The van der Waals surface area contributed by atoms with Crippen molar-refractivity contribution in [3.63, 3.8) is 0 Å². The van der Waals surface area contributed by atoms with Crippen LogP contribution >= 0.6 is 0 Å². The lowest BCUT2D eigenvalue weighted by atomic mass is 10.0. The summed E-state index contributed by atoms with van der Waals surface area (Å²) in [4.78, 5) is 23.0. The molecule has 5 rings (SSSR count). The Morgan fingerprint density at radius 3 is 2.69 bits per heavy atom. The first-order chi connectivity index (χ1) is 15.5. The van der Waals surface area contributed by atoms with Gasteiger partial charge in [-0.2, -0.15) is 5.10 Å². The smallest absolute Gasteiger partial charge is 0.170 e. The molecule has 4 heterocycles. The van der Waals surface area contributed by atoms with Crippen molar-refractivity contribution in [1.82, 2.24) is 24.6 Å². The zero-order valence-electron chi connectivity index (χ0n) is 17.9. The number of fused-ring (bicyclic) bond motifs is 1. The lowest BCUT2D eigenvalue weighted by Crippen LogP contribution is -2.31. The van der Waals surface area contributed by atoms with Crippen molar-refractivity contribution in [2.24, 2.45) is 0 Å². The van der Waals surface area contributed by atoms with Gasteiger partial charge in [0.2, 0.25) is 0 Å². The van der Waals surface area contributed by atoms with Crippen LogP contribution in [0, 0.1) is 5.82 Å². The maximum atomic E-state index is 13.4. The third-order valence-corrected chi connectivity index (χ3v) is 6.14. The van der Waals surface area contributed by atoms with E-state index >= 15 is 0 Å². The Hall–Kier alpha value is -3.45. The second kappa shape index (κ2) is 8.59. The number of hydrogen-bond donors (Lipinski definition) is 0. The summed E-state index contributed by atoms with van der Waals surface area (Å²) in [6.07, 6.45) is 10.6. The molecule has 1 aromatic carbocycles. The maximum Gasteiger partial charge on any atom is 0.170 e. The highest BCUT2D eigenvalue weighted by Crippen LogP contribution is 2.27. The first-order valence-electron chi connectivity index (χ1n) is 10.8. The first kappa shape index (κ1) is 20.5. The number of carbonyl (C=O) groups excluding carboxylic acids is 1. The molecule has 1 aliphatic rings. The number of ketones is 1. The Labute approximate surface area is 185 Å². The number of nitrogens with zero attached hydrogens (tertiary/aromatic N) is 5. The predicted octanol–water partition coefficient (Wildman–Crippen LogP) is 4.32. The van der Waals surface area contributed by atoms with Crippen LogP contribution in [0.5, 0.6) is 0 Å². The van der Waals surface area contributed by atoms with Gasteiger partial charge in [-0.05, 0) is 62.1 Å². The van der Waals surface area contributed by atoms with Gasteiger partial charge in [0, 0.05) is 40.8 Å². The van der Waals surface area contributed by atoms with E-state index in [-0.39, 0.29) is 17.8 Å². The van der Waals surface area contributed by atoms with Crippen LogP contribution in [-0.4, -0.2) is 50.6 Å². The van der Waals surface area contributed by atoms with E-state index in [1.54, 1.807) is 6.20 Å². The second-order valence-corrected chi connectivity index (χ2v) is 8.47. The largest absolute Gasteiger partial charge is 0.306 e. The third kappa shape index (κ3) is 4.29. The molecule has 162 valence electrons. The molecule has 3 aromatic heterocycles. The van der Waals surface area contributed by atoms with Crippen molar-refractivity contribution in [2.75, 3.05) is 20.1 Å². The van der Waals surface area contributed by atoms with Gasteiger partial charge < -0.3 is 4.90 Å². The number of rotatable bonds is 5. The van der Waals surface area contributed by atoms with Gasteiger partial charge in [-0.3, -0.25) is 19.4 Å². The monoisotopic (exact) mass is 429 g/mol. The summed E-state index contributed by atoms with van der Waals surface area (Å²) >= 11 is 0. The predicted molar refractivity (Wildman–Crippen MR) is 121 cm³/mol. The number of Topliss-reactive ketones (excluding diaryl/α,β-unsaturated/α-hetero) is 1. The number of halogens is 1. The number of carbonyl (C=O) groups is 1. The average molecular weight is 429 g/mol. The van der Waals surface area contributed by atoms with Gasteiger partial charge in [0.05, 0.1) is 24.9 Å². The van der Waals surface area contributed by atoms with E-state index in [2.05, 4.69) is 50.0 Å². The molecule has 0 radical (unpaired) electrons. The normalized spacial score (nSPS) is 15.3. The van der Waals surface area contributed by atoms with Crippen molar-refractivity contribution in [2.45, 2.75) is 25.3 Å². The summed E-state index contributed by atoms with van der Waals surface area (Å²) in [5, 5.41) is 6.63. The molecule has 0 amide bonds. The summed E-state index contributed by atoms with van der Waals surface area (Å²) in [5.74, 6) is -0.729. The minimum atomic E-state index is -0.521. The highest BCUT2D eigenvalue weighted by molar-refractivity contribution is 5.97. The van der Waals surface area contributed by atoms with Crippen LogP contribution in [0.25, 0.3) is 21.9 Å². The zero-order chi connectivity index (χ0) is 22.1. The van der Waals surface area contributed by atoms with E-state index in [9.17, 15) is 9.18 Å². The van der Waals surface area contributed by atoms with Crippen LogP contribution in [-0.2, 0) is 6.42 Å². The van der Waals surface area contributed by atoms with Gasteiger partial charge in [0.15, 0.2) is 5.78 Å². The molecule has 0 N–H and O–H groups in total. The number of aromatic nitrogens is 4. The van der Waals surface area contributed by atoms with E-state index in [1.807, 2.05) is 18.3 Å². The van der Waals surface area contributed by atoms with E-state index in [0.29, 0.717) is 11.7 Å². The lowest BCUT2D eigenvalue weighted by Gasteiger charge is -2.28. The van der Waals surface area contributed by atoms with Crippen LogP contribution in [0.1, 0.15) is 34.9 Å². The molecule has 0 atom stereocenters. The van der Waals surface area contributed by atoms with Gasteiger partial charge >= 0.3 is 0 Å². The topological polar surface area (TPSA) is 63.9 Å². The Balaban J connectivity index is 1.37. The standard InChI is InChI=1S/C25H24FN5O/c1-30-6-4-24(5-7-30)31-16-21(14-29-31)17-2-3-18-13-28-23(10-19(18)8-17)11-25(32)20-9-22(26)15-27-12-20/h2-3,8-10,12-16,24H,4-7,11H2,1H3. The molecule has 1 aliphatic heterocycles. The molecular weight excluding hydrogens is 405 g/mol. The Kier molecular flexibility index (Phi) is 5.49. The van der Waals surface area contributed by atoms with E-state index in [4.69, 9.17) is 0 Å². The molecule has 4 aromatic rings. The number of benzene rings is 1. The summed E-state index contributed by atoms with van der Waals surface area (Å²) in [5.41, 5.74) is 3.05. The van der Waals surface area contributed by atoms with E-state index in [1.165, 1.54) is 12.3 Å². The van der Waals surface area contributed by atoms with Crippen molar-refractivity contribution in [1.29, 1.82) is 0 Å². The van der Waals surface area contributed by atoms with Crippen LogP contribution in [0.15, 0.2) is 61.3 Å². The molecule has 0 bridgehead atoms. The second-order valence-electron chi connectivity index (χ2n) is 8.47. The zero-order valence-corrected chi connectivity index (χ0v) is 17.9. The van der Waals surface area contributed by atoms with Gasteiger partial charge in [0.25, 0.3) is 0 Å². The van der Waals surface area contributed by atoms with Gasteiger partial charge in [-0.15, -0.1) is 0 Å². The number of pyridine rings is 2. The molecule has 0 aliphatic carbocycles. The lowest BCUT2D eigenvalue weighted by molar-refractivity contribution is 0.0991. The summed E-state index contributed by atoms with van der Waals surface area (Å²) in [6.45, 7) is 2.19. The van der Waals surface area contributed by atoms with Crippen LogP contribution in [0.4, 0.5) is 4.39 Å². The minimum Gasteiger partial charge on any atom is -0.306 e. The molecule has 1 fully saturated rings. The van der Waals surface area contributed by atoms with Gasteiger partial charge in [-0.1, -0.05) is 12.1 Å². The first-order valence-corrected chi connectivity index (χ1v) is 10.8. The Morgan fingerprint density at radius 1 is 1.03 bits per heavy atom. The Bertz CT molecular complexity index is 1280. The molecular formula is C25H24FN5O. The molecule has 32 heavy (non-hydrogen) atoms. The SMILES string of the molecule is CN1CCC(n2cc(-c3ccc4cnc(CC(=O)c5cncc(F)c5)cc4c3)cn2)CC1. The summed E-state index contributed by atoms with van der Waals surface area (Å²) in [6, 6.07) is 9.78. The van der Waals surface area contributed by atoms with Crippen molar-refractivity contribution in [3.8, 4) is 11.1 Å². The van der Waals surface area contributed by atoms with Crippen LogP contribution in [0.2, 0.25) is 0 Å². The highest BCUT2D eigenvalue weighted by Gasteiger charge is 2.19. The number of hydrogen-bond acceptors (Lipinski definition) is 5.